The lowest BCUT2D eigenvalue weighted by atomic mass is 10.0. The van der Waals surface area contributed by atoms with Crippen molar-refractivity contribution in [2.75, 3.05) is 0 Å². The Morgan fingerprint density at radius 1 is 0.636 bits per heavy atom. The second kappa shape index (κ2) is 8.47. The molecule has 0 heterocycles. The van der Waals surface area contributed by atoms with Crippen molar-refractivity contribution in [3.8, 4) is 39.8 Å². The van der Waals surface area contributed by atoms with Crippen LogP contribution < -0.4 is 9.47 Å². The molecule has 0 N–H and O–H groups in total. The molecule has 33 heavy (non-hydrogen) atoms. The fourth-order valence-corrected chi connectivity index (χ4v) is 3.33. The molecule has 3 nitrogen and oxygen atoms in total. The number of nitrogens with zero attached hydrogens (tertiary/aromatic N) is 1. The van der Waals surface area contributed by atoms with Gasteiger partial charge >= 0.3 is 0 Å². The van der Waals surface area contributed by atoms with Gasteiger partial charge in [0.25, 0.3) is 0 Å². The summed E-state index contributed by atoms with van der Waals surface area (Å²) in [7, 11) is 0. The molecule has 5 heteroatoms. The number of benzene rings is 4. The van der Waals surface area contributed by atoms with E-state index >= 15 is 0 Å². The minimum absolute atomic E-state index is 0.315. The molecule has 0 amide bonds. The van der Waals surface area contributed by atoms with E-state index in [0.29, 0.717) is 39.7 Å². The summed E-state index contributed by atoms with van der Waals surface area (Å²) in [6, 6.07) is 27.1. The Bertz CT molecular complexity index is 1440. The van der Waals surface area contributed by atoms with Crippen molar-refractivity contribution < 1.29 is 18.3 Å². The van der Waals surface area contributed by atoms with Crippen molar-refractivity contribution >= 4 is 0 Å². The Morgan fingerprint density at radius 2 is 1.18 bits per heavy atom. The van der Waals surface area contributed by atoms with Crippen LogP contribution in [-0.4, -0.2) is 0 Å². The maximum atomic E-state index is 14.5. The summed E-state index contributed by atoms with van der Waals surface area (Å²) >= 11 is 0. The fourth-order valence-electron chi connectivity index (χ4n) is 3.33. The standard InChI is InChI=1S/C28H15F2NO2/c29-22-9-5-21(6-10-22)25-14-13-24(15-26(25)30)33-28-16-27(28)32-23-11-7-20(8-12-23)19-3-1-18(17-31)2-4-19/h1-15H. The Hall–Kier alpha value is -4.65. The Kier molecular flexibility index (Phi) is 5.20. The van der Waals surface area contributed by atoms with Gasteiger partial charge in [-0.3, -0.25) is 0 Å². The van der Waals surface area contributed by atoms with E-state index in [4.69, 9.17) is 14.7 Å². The third kappa shape index (κ3) is 4.52. The predicted molar refractivity (Wildman–Crippen MR) is 120 cm³/mol. The lowest BCUT2D eigenvalue weighted by Gasteiger charge is -2.08. The normalized spacial score (nSPS) is 11.8. The molecule has 0 fully saturated rings. The first kappa shape index (κ1) is 20.3. The van der Waals surface area contributed by atoms with Crippen LogP contribution in [0.1, 0.15) is 5.56 Å². The molecule has 0 atom stereocenters. The van der Waals surface area contributed by atoms with Gasteiger partial charge in [-0.2, -0.15) is 5.26 Å². The molecule has 0 spiro atoms. The number of hydrogen-bond donors (Lipinski definition) is 0. The van der Waals surface area contributed by atoms with Crippen molar-refractivity contribution in [1.29, 1.82) is 5.26 Å². The van der Waals surface area contributed by atoms with Crippen molar-refractivity contribution in [3.63, 3.8) is 0 Å². The largest absolute Gasteiger partial charge is 0.444 e. The summed E-state index contributed by atoms with van der Waals surface area (Å²) in [5.41, 5.74) is 6.44. The van der Waals surface area contributed by atoms with Crippen LogP contribution in [0.4, 0.5) is 8.78 Å². The molecule has 0 saturated heterocycles. The van der Waals surface area contributed by atoms with E-state index in [1.54, 1.807) is 24.3 Å². The van der Waals surface area contributed by atoms with Crippen molar-refractivity contribution in [1.82, 2.24) is 0 Å². The third-order valence-corrected chi connectivity index (χ3v) is 5.11. The van der Waals surface area contributed by atoms with Gasteiger partial charge in [0.2, 0.25) is 11.5 Å². The van der Waals surface area contributed by atoms with Gasteiger partial charge in [0.15, 0.2) is 0 Å². The first-order valence-electron chi connectivity index (χ1n) is 10.1. The smallest absolute Gasteiger partial charge is 0.224 e. The number of hydrogen-bond acceptors (Lipinski definition) is 3. The van der Waals surface area contributed by atoms with Crippen LogP contribution in [0.3, 0.4) is 0 Å². The monoisotopic (exact) mass is 435 g/mol. The molecular formula is C28H15F2NO2. The number of ether oxygens (including phenoxy) is 2. The summed E-state index contributed by atoms with van der Waals surface area (Å²) in [5, 5.41) is 8.90. The molecule has 1 aliphatic rings. The predicted octanol–water partition coefficient (Wildman–Crippen LogP) is 7.01. The second-order valence-electron chi connectivity index (χ2n) is 7.35. The van der Waals surface area contributed by atoms with Gasteiger partial charge in [-0.05, 0) is 71.0 Å². The number of rotatable bonds is 6. The van der Waals surface area contributed by atoms with E-state index in [2.05, 4.69) is 11.8 Å². The Labute approximate surface area is 189 Å². The van der Waals surface area contributed by atoms with E-state index in [1.165, 1.54) is 30.3 Å². The van der Waals surface area contributed by atoms with Gasteiger partial charge in [0.05, 0.1) is 11.6 Å². The van der Waals surface area contributed by atoms with Gasteiger partial charge in [-0.25, -0.2) is 8.78 Å². The first-order chi connectivity index (χ1) is 16.1. The van der Waals surface area contributed by atoms with Crippen LogP contribution in [-0.2, 0) is 0 Å². The summed E-state index contributed by atoms with van der Waals surface area (Å²) < 4.78 is 39.0. The van der Waals surface area contributed by atoms with Gasteiger partial charge in [-0.1, -0.05) is 36.4 Å². The molecule has 0 saturated carbocycles. The SMILES string of the molecule is N#Cc1ccc(-c2ccc(OC3=C=C3Oc3ccc(-c4ccc(F)cc4)c(F)c3)cc2)cc1. The van der Waals surface area contributed by atoms with E-state index in [1.807, 2.05) is 36.4 Å². The second-order valence-corrected chi connectivity index (χ2v) is 7.35. The topological polar surface area (TPSA) is 42.2 Å². The Balaban J connectivity index is 1.19. The average Bonchev–Trinajstić information content (AvgIpc) is 3.57. The van der Waals surface area contributed by atoms with Gasteiger partial charge in [0.1, 0.15) is 23.1 Å². The first-order valence-corrected chi connectivity index (χ1v) is 10.1. The highest BCUT2D eigenvalue weighted by Gasteiger charge is 2.22. The van der Waals surface area contributed by atoms with Crippen LogP contribution in [0, 0.1) is 23.0 Å². The summed E-state index contributed by atoms with van der Waals surface area (Å²) in [4.78, 5) is 0. The van der Waals surface area contributed by atoms with Crippen LogP contribution >= 0.6 is 0 Å². The molecule has 4 aromatic rings. The molecule has 4 aromatic carbocycles. The number of nitriles is 1. The van der Waals surface area contributed by atoms with Crippen molar-refractivity contribution in [2.45, 2.75) is 0 Å². The number of halogens is 2. The molecule has 158 valence electrons. The van der Waals surface area contributed by atoms with E-state index in [0.717, 1.165) is 11.1 Å². The van der Waals surface area contributed by atoms with Crippen molar-refractivity contribution in [3.05, 3.63) is 125 Å². The minimum atomic E-state index is -0.471. The van der Waals surface area contributed by atoms with Gasteiger partial charge in [-0.15, -0.1) is 0 Å². The maximum Gasteiger partial charge on any atom is 0.224 e. The summed E-state index contributed by atoms with van der Waals surface area (Å²) in [6.45, 7) is 0. The lowest BCUT2D eigenvalue weighted by Crippen LogP contribution is -1.95. The molecule has 0 unspecified atom stereocenters. The molecule has 1 aliphatic carbocycles. The van der Waals surface area contributed by atoms with Crippen LogP contribution in [0.25, 0.3) is 22.3 Å². The van der Waals surface area contributed by atoms with E-state index in [9.17, 15) is 8.78 Å². The molecule has 0 aromatic heterocycles. The zero-order chi connectivity index (χ0) is 22.8. The van der Waals surface area contributed by atoms with Crippen LogP contribution in [0.15, 0.2) is 108 Å². The van der Waals surface area contributed by atoms with Crippen molar-refractivity contribution in [2.24, 2.45) is 0 Å². The quantitative estimate of drug-likeness (QED) is 0.306. The average molecular weight is 435 g/mol. The summed E-state index contributed by atoms with van der Waals surface area (Å²) in [5.74, 6) is 0.940. The summed E-state index contributed by atoms with van der Waals surface area (Å²) in [6.07, 6.45) is 0. The van der Waals surface area contributed by atoms with E-state index < -0.39 is 5.82 Å². The van der Waals surface area contributed by atoms with E-state index in [-0.39, 0.29) is 5.82 Å². The lowest BCUT2D eigenvalue weighted by molar-refractivity contribution is 0.377. The molecule has 0 bridgehead atoms. The van der Waals surface area contributed by atoms with Crippen LogP contribution in [0.5, 0.6) is 11.5 Å². The molecule has 0 aliphatic heterocycles. The Morgan fingerprint density at radius 3 is 1.79 bits per heavy atom. The molecular weight excluding hydrogens is 420 g/mol. The zero-order valence-corrected chi connectivity index (χ0v) is 17.2. The highest BCUT2D eigenvalue weighted by atomic mass is 19.1. The molecule has 0 radical (unpaired) electrons. The van der Waals surface area contributed by atoms with Gasteiger partial charge in [0, 0.05) is 11.6 Å². The zero-order valence-electron chi connectivity index (χ0n) is 17.2. The third-order valence-electron chi connectivity index (χ3n) is 5.11. The highest BCUT2D eigenvalue weighted by Crippen LogP contribution is 2.32. The highest BCUT2D eigenvalue weighted by molar-refractivity contribution is 5.66. The van der Waals surface area contributed by atoms with Gasteiger partial charge < -0.3 is 9.47 Å². The molecule has 5 rings (SSSR count). The van der Waals surface area contributed by atoms with Crippen LogP contribution in [0.2, 0.25) is 0 Å². The maximum absolute atomic E-state index is 14.5. The minimum Gasteiger partial charge on any atom is -0.444 e. The fraction of sp³-hybridized carbons (Fsp3) is 0.